The van der Waals surface area contributed by atoms with Crippen LogP contribution in [0.2, 0.25) is 0 Å². The van der Waals surface area contributed by atoms with Gasteiger partial charge in [-0.3, -0.25) is 4.79 Å². The van der Waals surface area contributed by atoms with Crippen LogP contribution >= 0.6 is 22.7 Å². The van der Waals surface area contributed by atoms with Gasteiger partial charge in [0.25, 0.3) is 5.56 Å². The van der Waals surface area contributed by atoms with E-state index in [-0.39, 0.29) is 10.4 Å². The standard InChI is InChI=1S/C16H13F3N4OS2/c1-3-4-20-15-23-10-11-9(22-13(24)12(10)26-15)8-6(2)5-7(16(17,18)19)21-14(8)25-11/h5H,3-4H2,1-2H3,(H,20,23)(H,22,24). The Morgan fingerprint density at radius 3 is 2.69 bits per heavy atom. The molecular formula is C16H13F3N4OS2. The maximum atomic E-state index is 13.1. The molecule has 0 radical (unpaired) electrons. The highest BCUT2D eigenvalue weighted by molar-refractivity contribution is 7.27. The second kappa shape index (κ2) is 5.92. The average molecular weight is 398 g/mol. The monoisotopic (exact) mass is 398 g/mol. The molecule has 4 aromatic rings. The van der Waals surface area contributed by atoms with Gasteiger partial charge in [-0.05, 0) is 25.0 Å². The Labute approximate surface area is 152 Å². The molecule has 0 bridgehead atoms. The van der Waals surface area contributed by atoms with E-state index in [1.54, 1.807) is 6.92 Å². The van der Waals surface area contributed by atoms with Gasteiger partial charge in [0.15, 0.2) is 5.13 Å². The second-order valence-electron chi connectivity index (χ2n) is 5.89. The van der Waals surface area contributed by atoms with Crippen LogP contribution in [0, 0.1) is 6.92 Å². The average Bonchev–Trinajstić information content (AvgIpc) is 3.14. The number of nitrogens with zero attached hydrogens (tertiary/aromatic N) is 2. The molecule has 4 heterocycles. The zero-order valence-corrected chi connectivity index (χ0v) is 15.4. The number of thiazole rings is 1. The van der Waals surface area contributed by atoms with Gasteiger partial charge >= 0.3 is 6.18 Å². The number of aromatic amines is 1. The maximum Gasteiger partial charge on any atom is 0.433 e. The van der Waals surface area contributed by atoms with Crippen molar-refractivity contribution in [3.8, 4) is 0 Å². The fourth-order valence-corrected chi connectivity index (χ4v) is 4.98. The lowest BCUT2D eigenvalue weighted by Crippen LogP contribution is -2.08. The summed E-state index contributed by atoms with van der Waals surface area (Å²) in [5.74, 6) is 0. The van der Waals surface area contributed by atoms with Crippen LogP contribution in [-0.2, 0) is 6.18 Å². The molecule has 4 aromatic heterocycles. The van der Waals surface area contributed by atoms with Crippen molar-refractivity contribution in [1.82, 2.24) is 15.0 Å². The lowest BCUT2D eigenvalue weighted by atomic mass is 10.1. The van der Waals surface area contributed by atoms with Crippen molar-refractivity contribution >= 4 is 58.5 Å². The van der Waals surface area contributed by atoms with E-state index in [0.717, 1.165) is 30.4 Å². The van der Waals surface area contributed by atoms with Crippen LogP contribution in [-0.4, -0.2) is 21.5 Å². The fraction of sp³-hybridized carbons (Fsp3) is 0.312. The molecular weight excluding hydrogens is 385 g/mol. The van der Waals surface area contributed by atoms with Gasteiger partial charge in [0.05, 0.1) is 10.2 Å². The molecule has 26 heavy (non-hydrogen) atoms. The van der Waals surface area contributed by atoms with Gasteiger partial charge in [0.1, 0.15) is 20.7 Å². The Morgan fingerprint density at radius 2 is 2.00 bits per heavy atom. The maximum absolute atomic E-state index is 13.1. The third-order valence-corrected chi connectivity index (χ3v) is 6.07. The van der Waals surface area contributed by atoms with E-state index < -0.39 is 11.9 Å². The summed E-state index contributed by atoms with van der Waals surface area (Å²) in [5, 5.41) is 4.30. The van der Waals surface area contributed by atoms with Gasteiger partial charge in [-0.15, -0.1) is 11.3 Å². The molecule has 0 unspecified atom stereocenters. The molecule has 2 N–H and O–H groups in total. The number of H-pyrrole nitrogens is 1. The lowest BCUT2D eigenvalue weighted by Gasteiger charge is -2.06. The minimum atomic E-state index is -4.52. The van der Waals surface area contributed by atoms with Crippen molar-refractivity contribution in [1.29, 1.82) is 0 Å². The summed E-state index contributed by atoms with van der Waals surface area (Å²) in [7, 11) is 0. The van der Waals surface area contributed by atoms with Crippen LogP contribution in [0.4, 0.5) is 18.3 Å². The first-order chi connectivity index (χ1) is 12.3. The number of rotatable bonds is 3. The third kappa shape index (κ3) is 2.64. The van der Waals surface area contributed by atoms with Crippen LogP contribution < -0.4 is 10.9 Å². The first kappa shape index (κ1) is 17.2. The van der Waals surface area contributed by atoms with E-state index in [1.165, 1.54) is 11.3 Å². The molecule has 0 fully saturated rings. The Hall–Kier alpha value is -2.20. The van der Waals surface area contributed by atoms with Gasteiger partial charge in [0.2, 0.25) is 0 Å². The highest BCUT2D eigenvalue weighted by Crippen LogP contribution is 2.40. The first-order valence-corrected chi connectivity index (χ1v) is 9.50. The Bertz CT molecular complexity index is 1210. The summed E-state index contributed by atoms with van der Waals surface area (Å²) >= 11 is 2.36. The van der Waals surface area contributed by atoms with E-state index in [4.69, 9.17) is 0 Å². The van der Waals surface area contributed by atoms with Crippen molar-refractivity contribution in [3.05, 3.63) is 27.7 Å². The third-order valence-electron chi connectivity index (χ3n) is 3.96. The van der Waals surface area contributed by atoms with E-state index in [1.807, 2.05) is 6.92 Å². The molecule has 0 saturated carbocycles. The predicted molar refractivity (Wildman–Crippen MR) is 99.4 cm³/mol. The smallest absolute Gasteiger partial charge is 0.361 e. The number of hydrogen-bond acceptors (Lipinski definition) is 6. The SMILES string of the molecule is CCCNc1nc2c(s1)c(=O)[nH]c1c2sc2nc(C(F)(F)F)cc(C)c21. The zero-order valence-electron chi connectivity index (χ0n) is 13.7. The summed E-state index contributed by atoms with van der Waals surface area (Å²) in [6, 6.07) is 1.01. The number of pyridine rings is 2. The van der Waals surface area contributed by atoms with Crippen LogP contribution in [0.25, 0.3) is 30.6 Å². The quantitative estimate of drug-likeness (QED) is 0.515. The molecule has 4 rings (SSSR count). The molecule has 10 heteroatoms. The topological polar surface area (TPSA) is 70.7 Å². The number of nitrogens with one attached hydrogen (secondary N) is 2. The fourth-order valence-electron chi connectivity index (χ4n) is 2.82. The number of anilines is 1. The number of alkyl halides is 3. The molecule has 0 atom stereocenters. The van der Waals surface area contributed by atoms with Crippen LogP contribution in [0.5, 0.6) is 0 Å². The summed E-state index contributed by atoms with van der Waals surface area (Å²) < 4.78 is 40.3. The molecule has 0 aliphatic carbocycles. The van der Waals surface area contributed by atoms with Gasteiger partial charge in [0, 0.05) is 11.9 Å². The van der Waals surface area contributed by atoms with E-state index in [2.05, 4.69) is 20.3 Å². The zero-order chi connectivity index (χ0) is 18.6. The molecule has 0 amide bonds. The highest BCUT2D eigenvalue weighted by Gasteiger charge is 2.33. The number of aromatic nitrogens is 3. The minimum Gasteiger partial charge on any atom is -0.361 e. The Morgan fingerprint density at radius 1 is 1.23 bits per heavy atom. The Balaban J connectivity index is 2.05. The molecule has 0 saturated heterocycles. The minimum absolute atomic E-state index is 0.242. The molecule has 0 aliphatic rings. The second-order valence-corrected chi connectivity index (χ2v) is 7.88. The van der Waals surface area contributed by atoms with E-state index in [9.17, 15) is 18.0 Å². The summed E-state index contributed by atoms with van der Waals surface area (Å²) in [4.78, 5) is 23.7. The molecule has 0 aromatic carbocycles. The summed E-state index contributed by atoms with van der Waals surface area (Å²) in [6.45, 7) is 4.33. The normalized spacial score (nSPS) is 12.5. The van der Waals surface area contributed by atoms with Crippen molar-refractivity contribution < 1.29 is 13.2 Å². The van der Waals surface area contributed by atoms with Gasteiger partial charge in [-0.1, -0.05) is 18.3 Å². The number of fused-ring (bicyclic) bond motifs is 5. The van der Waals surface area contributed by atoms with Crippen molar-refractivity contribution in [3.63, 3.8) is 0 Å². The van der Waals surface area contributed by atoms with Crippen LogP contribution in [0.15, 0.2) is 10.9 Å². The lowest BCUT2D eigenvalue weighted by molar-refractivity contribution is -0.141. The first-order valence-electron chi connectivity index (χ1n) is 7.87. The van der Waals surface area contributed by atoms with Crippen molar-refractivity contribution in [2.24, 2.45) is 0 Å². The van der Waals surface area contributed by atoms with Crippen LogP contribution in [0.3, 0.4) is 0 Å². The van der Waals surface area contributed by atoms with E-state index in [0.29, 0.717) is 36.5 Å². The summed E-state index contributed by atoms with van der Waals surface area (Å²) in [5.41, 5.74) is 0.185. The molecule has 136 valence electrons. The van der Waals surface area contributed by atoms with Crippen molar-refractivity contribution in [2.75, 3.05) is 11.9 Å². The molecule has 5 nitrogen and oxygen atoms in total. The Kier molecular flexibility index (Phi) is 3.92. The van der Waals surface area contributed by atoms with Gasteiger partial charge in [-0.25, -0.2) is 9.97 Å². The van der Waals surface area contributed by atoms with Gasteiger partial charge in [-0.2, -0.15) is 13.2 Å². The number of hydrogen-bond donors (Lipinski definition) is 2. The number of thiophene rings is 1. The van der Waals surface area contributed by atoms with Crippen LogP contribution in [0.1, 0.15) is 24.6 Å². The summed E-state index contributed by atoms with van der Waals surface area (Å²) in [6.07, 6.45) is -3.61. The largest absolute Gasteiger partial charge is 0.433 e. The predicted octanol–water partition coefficient (Wildman–Crippen LogP) is 4.90. The van der Waals surface area contributed by atoms with Gasteiger partial charge < -0.3 is 10.3 Å². The molecule has 0 aliphatic heterocycles. The highest BCUT2D eigenvalue weighted by atomic mass is 32.1. The number of aryl methyl sites for hydroxylation is 1. The molecule has 0 spiro atoms. The number of halogens is 3. The van der Waals surface area contributed by atoms with E-state index >= 15 is 0 Å². The van der Waals surface area contributed by atoms with Crippen molar-refractivity contribution in [2.45, 2.75) is 26.4 Å².